The van der Waals surface area contributed by atoms with Crippen molar-refractivity contribution in [1.82, 2.24) is 0 Å². The quantitative estimate of drug-likeness (QED) is 0.666. The van der Waals surface area contributed by atoms with Crippen LogP contribution >= 0.6 is 0 Å². The number of aliphatic hydroxyl groups is 1. The van der Waals surface area contributed by atoms with Crippen molar-refractivity contribution in [3.05, 3.63) is 0 Å². The second-order valence-electron chi connectivity index (χ2n) is 4.77. The van der Waals surface area contributed by atoms with E-state index in [1.54, 1.807) is 21.3 Å². The SMILES string of the molecule is COC(C[C@@H]1O[C@H](CCCO)[C@H](OC)C1C)OC. The second kappa shape index (κ2) is 8.07. The van der Waals surface area contributed by atoms with Crippen LogP contribution < -0.4 is 0 Å². The topological polar surface area (TPSA) is 57.2 Å². The Balaban J connectivity index is 2.55. The Morgan fingerprint density at radius 1 is 1.17 bits per heavy atom. The van der Waals surface area contributed by atoms with Crippen LogP contribution in [0.15, 0.2) is 0 Å². The fourth-order valence-corrected chi connectivity index (χ4v) is 2.62. The molecule has 108 valence electrons. The molecule has 1 rings (SSSR count). The number of methoxy groups -OCH3 is 3. The summed E-state index contributed by atoms with van der Waals surface area (Å²) in [6.45, 7) is 2.31. The van der Waals surface area contributed by atoms with Gasteiger partial charge in [0, 0.05) is 40.3 Å². The molecule has 1 aliphatic heterocycles. The first-order valence-corrected chi connectivity index (χ1v) is 6.52. The lowest BCUT2D eigenvalue weighted by Gasteiger charge is -2.21. The van der Waals surface area contributed by atoms with Gasteiger partial charge in [-0.05, 0) is 12.8 Å². The number of hydrogen-bond donors (Lipinski definition) is 1. The Hall–Kier alpha value is -0.200. The predicted molar refractivity (Wildman–Crippen MR) is 67.4 cm³/mol. The number of ether oxygens (including phenoxy) is 4. The van der Waals surface area contributed by atoms with Crippen LogP contribution in [0.1, 0.15) is 26.2 Å². The summed E-state index contributed by atoms with van der Waals surface area (Å²) in [6, 6.07) is 0. The number of aliphatic hydroxyl groups excluding tert-OH is 1. The van der Waals surface area contributed by atoms with Crippen molar-refractivity contribution >= 4 is 0 Å². The van der Waals surface area contributed by atoms with Gasteiger partial charge in [0.2, 0.25) is 0 Å². The maximum atomic E-state index is 8.90. The normalized spacial score (nSPS) is 32.3. The van der Waals surface area contributed by atoms with E-state index in [0.717, 1.165) is 12.8 Å². The van der Waals surface area contributed by atoms with Gasteiger partial charge in [0.1, 0.15) is 0 Å². The van der Waals surface area contributed by atoms with E-state index in [0.29, 0.717) is 12.3 Å². The summed E-state index contributed by atoms with van der Waals surface area (Å²) in [5.74, 6) is 0.298. The van der Waals surface area contributed by atoms with Crippen LogP contribution in [-0.2, 0) is 18.9 Å². The second-order valence-corrected chi connectivity index (χ2v) is 4.77. The lowest BCUT2D eigenvalue weighted by molar-refractivity contribution is -0.131. The molecule has 0 amide bonds. The highest BCUT2D eigenvalue weighted by molar-refractivity contribution is 4.89. The molecule has 0 bridgehead atoms. The monoisotopic (exact) mass is 262 g/mol. The lowest BCUT2D eigenvalue weighted by atomic mass is 9.94. The van der Waals surface area contributed by atoms with Crippen LogP contribution in [0.4, 0.5) is 0 Å². The molecule has 0 aromatic carbocycles. The summed E-state index contributed by atoms with van der Waals surface area (Å²) in [7, 11) is 4.97. The van der Waals surface area contributed by atoms with E-state index in [4.69, 9.17) is 24.1 Å². The van der Waals surface area contributed by atoms with E-state index < -0.39 is 0 Å². The molecular formula is C13H26O5. The van der Waals surface area contributed by atoms with Crippen LogP contribution in [0.25, 0.3) is 0 Å². The Labute approximate surface area is 109 Å². The summed E-state index contributed by atoms with van der Waals surface area (Å²) in [5, 5.41) is 8.90. The maximum Gasteiger partial charge on any atom is 0.159 e. The van der Waals surface area contributed by atoms with Crippen molar-refractivity contribution in [2.75, 3.05) is 27.9 Å². The van der Waals surface area contributed by atoms with Gasteiger partial charge in [0.25, 0.3) is 0 Å². The maximum absolute atomic E-state index is 8.90. The summed E-state index contributed by atoms with van der Waals surface area (Å²) in [5.41, 5.74) is 0. The van der Waals surface area contributed by atoms with Crippen LogP contribution in [0.2, 0.25) is 0 Å². The Bertz CT molecular complexity index is 219. The highest BCUT2D eigenvalue weighted by atomic mass is 16.7. The molecule has 0 aliphatic carbocycles. The molecule has 0 aromatic heterocycles. The number of rotatable bonds is 8. The minimum Gasteiger partial charge on any atom is -0.396 e. The average molecular weight is 262 g/mol. The molecule has 0 radical (unpaired) electrons. The fourth-order valence-electron chi connectivity index (χ4n) is 2.62. The van der Waals surface area contributed by atoms with Crippen molar-refractivity contribution in [2.24, 2.45) is 5.92 Å². The molecule has 1 N–H and O–H groups in total. The molecule has 18 heavy (non-hydrogen) atoms. The van der Waals surface area contributed by atoms with Gasteiger partial charge >= 0.3 is 0 Å². The molecule has 0 saturated carbocycles. The lowest BCUT2D eigenvalue weighted by Crippen LogP contribution is -2.29. The zero-order chi connectivity index (χ0) is 13.5. The van der Waals surface area contributed by atoms with Gasteiger partial charge in [-0.25, -0.2) is 0 Å². The Morgan fingerprint density at radius 3 is 2.33 bits per heavy atom. The molecular weight excluding hydrogens is 236 g/mol. The van der Waals surface area contributed by atoms with Gasteiger partial charge in [-0.2, -0.15) is 0 Å². The van der Waals surface area contributed by atoms with E-state index >= 15 is 0 Å². The van der Waals surface area contributed by atoms with Crippen LogP contribution in [0.3, 0.4) is 0 Å². The van der Waals surface area contributed by atoms with Crippen LogP contribution in [0.5, 0.6) is 0 Å². The molecule has 4 atom stereocenters. The molecule has 1 fully saturated rings. The molecule has 1 heterocycles. The fraction of sp³-hybridized carbons (Fsp3) is 1.00. The van der Waals surface area contributed by atoms with E-state index in [-0.39, 0.29) is 31.2 Å². The van der Waals surface area contributed by atoms with Gasteiger partial charge in [-0.3, -0.25) is 0 Å². The minimum atomic E-state index is -0.244. The molecule has 5 nitrogen and oxygen atoms in total. The third-order valence-electron chi connectivity index (χ3n) is 3.69. The predicted octanol–water partition coefficient (Wildman–Crippen LogP) is 1.19. The third kappa shape index (κ3) is 3.90. The smallest absolute Gasteiger partial charge is 0.159 e. The number of hydrogen-bond acceptors (Lipinski definition) is 5. The van der Waals surface area contributed by atoms with Gasteiger partial charge in [-0.1, -0.05) is 6.92 Å². The first-order chi connectivity index (χ1) is 8.67. The van der Waals surface area contributed by atoms with Crippen LogP contribution in [0, 0.1) is 5.92 Å². The largest absolute Gasteiger partial charge is 0.396 e. The summed E-state index contributed by atoms with van der Waals surface area (Å²) in [6.07, 6.45) is 2.22. The summed E-state index contributed by atoms with van der Waals surface area (Å²) < 4.78 is 22.0. The van der Waals surface area contributed by atoms with Gasteiger partial charge in [-0.15, -0.1) is 0 Å². The standard InChI is InChI=1S/C13H26O5/c1-9-11(8-12(15-2)16-3)18-10(6-5-7-14)13(9)17-4/h9-14H,5-8H2,1-4H3/t9?,10-,11+,13-/m1/s1. The van der Waals surface area contributed by atoms with E-state index in [1.165, 1.54) is 0 Å². The van der Waals surface area contributed by atoms with Crippen molar-refractivity contribution in [1.29, 1.82) is 0 Å². The van der Waals surface area contributed by atoms with Gasteiger partial charge < -0.3 is 24.1 Å². The van der Waals surface area contributed by atoms with Crippen molar-refractivity contribution in [3.8, 4) is 0 Å². The van der Waals surface area contributed by atoms with Gasteiger partial charge in [0.05, 0.1) is 18.3 Å². The van der Waals surface area contributed by atoms with E-state index in [1.807, 2.05) is 0 Å². The minimum absolute atomic E-state index is 0.0523. The zero-order valence-corrected chi connectivity index (χ0v) is 11.8. The van der Waals surface area contributed by atoms with Crippen molar-refractivity contribution in [3.63, 3.8) is 0 Å². The molecule has 1 saturated heterocycles. The van der Waals surface area contributed by atoms with E-state index in [9.17, 15) is 0 Å². The highest BCUT2D eigenvalue weighted by Crippen LogP contribution is 2.34. The molecule has 1 aliphatic rings. The Morgan fingerprint density at radius 2 is 1.83 bits per heavy atom. The molecule has 1 unspecified atom stereocenters. The van der Waals surface area contributed by atoms with Crippen molar-refractivity contribution < 1.29 is 24.1 Å². The van der Waals surface area contributed by atoms with E-state index in [2.05, 4.69) is 6.92 Å². The highest BCUT2D eigenvalue weighted by Gasteiger charge is 2.42. The summed E-state index contributed by atoms with van der Waals surface area (Å²) in [4.78, 5) is 0. The van der Waals surface area contributed by atoms with Gasteiger partial charge in [0.15, 0.2) is 6.29 Å². The zero-order valence-electron chi connectivity index (χ0n) is 11.8. The Kier molecular flexibility index (Phi) is 7.11. The average Bonchev–Trinajstić information content (AvgIpc) is 2.69. The first kappa shape index (κ1) is 15.9. The molecule has 0 spiro atoms. The summed E-state index contributed by atoms with van der Waals surface area (Å²) >= 11 is 0. The van der Waals surface area contributed by atoms with Crippen LogP contribution in [-0.4, -0.2) is 57.6 Å². The molecule has 0 aromatic rings. The molecule has 5 heteroatoms. The third-order valence-corrected chi connectivity index (χ3v) is 3.69. The first-order valence-electron chi connectivity index (χ1n) is 6.52. The van der Waals surface area contributed by atoms with Crippen molar-refractivity contribution in [2.45, 2.75) is 50.8 Å².